The molecule has 0 amide bonds. The van der Waals surface area contributed by atoms with Crippen molar-refractivity contribution in [2.45, 2.75) is 343 Å². The van der Waals surface area contributed by atoms with Crippen molar-refractivity contribution < 1.29 is 80.2 Å². The molecule has 0 aliphatic carbocycles. The highest BCUT2D eigenvalue weighted by molar-refractivity contribution is 7.47. The first kappa shape index (κ1) is 84.1. The molecule has 0 aromatic heterocycles. The molecule has 510 valence electrons. The predicted molar refractivity (Wildman–Crippen MR) is 344 cm³/mol. The summed E-state index contributed by atoms with van der Waals surface area (Å²) in [6, 6.07) is 0. The smallest absolute Gasteiger partial charge is 0.462 e. The van der Waals surface area contributed by atoms with Crippen molar-refractivity contribution in [2.24, 2.45) is 23.7 Å². The Morgan fingerprint density at radius 1 is 0.326 bits per heavy atom. The average Bonchev–Trinajstić information content (AvgIpc) is 3.57. The van der Waals surface area contributed by atoms with Gasteiger partial charge >= 0.3 is 39.5 Å². The Bertz CT molecular complexity index is 1720. The normalized spacial score (nSPS) is 15.0. The average molecular weight is 1270 g/mol. The Morgan fingerprint density at radius 3 is 0.826 bits per heavy atom. The Kier molecular flexibility index (Phi) is 55.7. The standard InChI is InChI=1S/C67H130O17P2/c1-9-59(7)45-37-29-21-13-11-12-14-23-31-39-47-64(69)77-53-63(84-67(72)50-42-34-26-18-20-28-36-44-58(5)6)56-82-86(75,76)80-52-61(68)51-79-85(73,74)81-55-62(54-78-65(70)48-40-32-25-17-19-27-35-43-57(3)4)83-66(71)49-41-33-24-16-15-22-30-38-46-60(8)10-2/h57-63,68H,9-56H2,1-8H3,(H,73,74)(H,75,76)/t59?,60?,61?,62-,63-/m1/s1. The van der Waals surface area contributed by atoms with Crippen LogP contribution in [-0.2, 0) is 65.4 Å². The zero-order chi connectivity index (χ0) is 63.9. The molecule has 0 heterocycles. The van der Waals surface area contributed by atoms with Gasteiger partial charge < -0.3 is 33.8 Å². The first-order chi connectivity index (χ1) is 41.2. The SMILES string of the molecule is CCC(C)CCCCCCCCCCCCC(=O)OC[C@H](COP(=O)(O)OCC(O)COP(=O)(O)OC[C@@H](COC(=O)CCCCCCCCCC(C)C)OC(=O)CCCCCCCCCCC(C)CC)OC(=O)CCCCCCCCCC(C)C. The van der Waals surface area contributed by atoms with E-state index in [1.54, 1.807) is 0 Å². The monoisotopic (exact) mass is 1270 g/mol. The summed E-state index contributed by atoms with van der Waals surface area (Å²) in [7, 11) is -9.90. The van der Waals surface area contributed by atoms with Crippen molar-refractivity contribution >= 4 is 39.5 Å². The number of carbonyl (C=O) groups excluding carboxylic acids is 4. The Balaban J connectivity index is 5.25. The molecule has 0 aliphatic rings. The van der Waals surface area contributed by atoms with E-state index in [1.165, 1.54) is 122 Å². The molecule has 0 radical (unpaired) electrons. The predicted octanol–water partition coefficient (Wildman–Crippen LogP) is 18.5. The molecule has 0 spiro atoms. The number of unbranched alkanes of at least 4 members (excludes halogenated alkanes) is 28. The molecule has 0 fully saturated rings. The van der Waals surface area contributed by atoms with Crippen molar-refractivity contribution in [3.63, 3.8) is 0 Å². The van der Waals surface area contributed by atoms with Crippen molar-refractivity contribution in [3.05, 3.63) is 0 Å². The lowest BCUT2D eigenvalue weighted by Crippen LogP contribution is -2.30. The molecule has 17 nitrogen and oxygen atoms in total. The third-order valence-corrected chi connectivity index (χ3v) is 17.9. The second kappa shape index (κ2) is 57.0. The molecule has 86 heavy (non-hydrogen) atoms. The Labute approximate surface area is 524 Å². The molecule has 19 heteroatoms. The van der Waals surface area contributed by atoms with Gasteiger partial charge in [-0.05, 0) is 49.4 Å². The number of ether oxygens (including phenoxy) is 4. The molecule has 0 aliphatic heterocycles. The summed E-state index contributed by atoms with van der Waals surface area (Å²) >= 11 is 0. The summed E-state index contributed by atoms with van der Waals surface area (Å²) in [5, 5.41) is 10.6. The molecule has 3 N–H and O–H groups in total. The van der Waals surface area contributed by atoms with Crippen molar-refractivity contribution in [1.29, 1.82) is 0 Å². The third kappa shape index (κ3) is 58.4. The highest BCUT2D eigenvalue weighted by Gasteiger charge is 2.30. The minimum atomic E-state index is -4.95. The van der Waals surface area contributed by atoms with E-state index in [2.05, 4.69) is 55.4 Å². The molecule has 5 unspecified atom stereocenters. The molecule has 7 atom stereocenters. The fourth-order valence-corrected chi connectivity index (χ4v) is 11.5. The van der Waals surface area contributed by atoms with Crippen molar-refractivity contribution in [2.75, 3.05) is 39.6 Å². The van der Waals surface area contributed by atoms with Crippen LogP contribution < -0.4 is 0 Å². The fraction of sp³-hybridized carbons (Fsp3) is 0.940. The number of rotatable bonds is 64. The van der Waals surface area contributed by atoms with Crippen LogP contribution in [0, 0.1) is 23.7 Å². The number of carbonyl (C=O) groups is 4. The minimum Gasteiger partial charge on any atom is -0.462 e. The van der Waals surface area contributed by atoms with Crippen molar-refractivity contribution in [3.8, 4) is 0 Å². The van der Waals surface area contributed by atoms with Gasteiger partial charge in [-0.1, -0.05) is 274 Å². The van der Waals surface area contributed by atoms with E-state index in [0.717, 1.165) is 108 Å². The maximum Gasteiger partial charge on any atom is 0.472 e. The highest BCUT2D eigenvalue weighted by Crippen LogP contribution is 2.45. The second-order valence-corrected chi connectivity index (χ2v) is 28.6. The number of esters is 4. The van der Waals surface area contributed by atoms with Crippen LogP contribution >= 0.6 is 15.6 Å². The topological polar surface area (TPSA) is 237 Å². The van der Waals surface area contributed by atoms with Gasteiger partial charge in [-0.2, -0.15) is 0 Å². The summed E-state index contributed by atoms with van der Waals surface area (Å²) in [6.07, 6.45) is 37.6. The first-order valence-electron chi connectivity index (χ1n) is 34.8. The van der Waals surface area contributed by atoms with Gasteiger partial charge in [0.25, 0.3) is 0 Å². The Hall–Kier alpha value is -1.94. The van der Waals surface area contributed by atoms with E-state index >= 15 is 0 Å². The molecule has 0 aromatic carbocycles. The second-order valence-electron chi connectivity index (χ2n) is 25.6. The largest absolute Gasteiger partial charge is 0.472 e. The zero-order valence-corrected chi connectivity index (χ0v) is 57.7. The van der Waals surface area contributed by atoms with Gasteiger partial charge in [0.1, 0.15) is 19.3 Å². The van der Waals surface area contributed by atoms with Gasteiger partial charge in [0, 0.05) is 25.7 Å². The molecular formula is C67H130O17P2. The van der Waals surface area contributed by atoms with E-state index < -0.39 is 97.5 Å². The van der Waals surface area contributed by atoms with Crippen LogP contribution in [0.1, 0.15) is 325 Å². The summed E-state index contributed by atoms with van der Waals surface area (Å²) < 4.78 is 68.1. The van der Waals surface area contributed by atoms with E-state index in [-0.39, 0.29) is 25.7 Å². The lowest BCUT2D eigenvalue weighted by Gasteiger charge is -2.21. The third-order valence-electron chi connectivity index (χ3n) is 16.0. The fourth-order valence-electron chi connectivity index (χ4n) is 9.89. The van der Waals surface area contributed by atoms with Gasteiger partial charge in [0.15, 0.2) is 12.2 Å². The number of hydrogen-bond donors (Lipinski definition) is 3. The van der Waals surface area contributed by atoms with Gasteiger partial charge in [-0.25, -0.2) is 9.13 Å². The van der Waals surface area contributed by atoms with Crippen LogP contribution in [0.25, 0.3) is 0 Å². The van der Waals surface area contributed by atoms with Crippen molar-refractivity contribution in [1.82, 2.24) is 0 Å². The number of phosphoric ester groups is 2. The van der Waals surface area contributed by atoms with E-state index in [9.17, 15) is 43.2 Å². The van der Waals surface area contributed by atoms with Crippen LogP contribution in [0.15, 0.2) is 0 Å². The number of phosphoric acid groups is 2. The maximum absolute atomic E-state index is 13.0. The van der Waals surface area contributed by atoms with Crippen LogP contribution in [0.4, 0.5) is 0 Å². The van der Waals surface area contributed by atoms with Gasteiger partial charge in [-0.15, -0.1) is 0 Å². The molecule has 0 saturated carbocycles. The zero-order valence-electron chi connectivity index (χ0n) is 55.9. The van der Waals surface area contributed by atoms with Crippen LogP contribution in [0.2, 0.25) is 0 Å². The van der Waals surface area contributed by atoms with Crippen LogP contribution in [0.3, 0.4) is 0 Å². The molecule has 0 rings (SSSR count). The highest BCUT2D eigenvalue weighted by atomic mass is 31.2. The van der Waals surface area contributed by atoms with E-state index in [0.29, 0.717) is 37.5 Å². The van der Waals surface area contributed by atoms with E-state index in [1.807, 2.05) is 0 Å². The minimum absolute atomic E-state index is 0.103. The summed E-state index contributed by atoms with van der Waals surface area (Å²) in [5.41, 5.74) is 0. The summed E-state index contributed by atoms with van der Waals surface area (Å²) in [4.78, 5) is 72.4. The quantitative estimate of drug-likeness (QED) is 0.0222. The van der Waals surface area contributed by atoms with Crippen LogP contribution in [-0.4, -0.2) is 96.7 Å². The molecule has 0 saturated heterocycles. The van der Waals surface area contributed by atoms with Crippen LogP contribution in [0.5, 0.6) is 0 Å². The Morgan fingerprint density at radius 2 is 0.558 bits per heavy atom. The molecular weight excluding hydrogens is 1140 g/mol. The molecule has 0 bridgehead atoms. The number of aliphatic hydroxyl groups is 1. The first-order valence-corrected chi connectivity index (χ1v) is 37.8. The number of hydrogen-bond acceptors (Lipinski definition) is 15. The maximum atomic E-state index is 13.0. The lowest BCUT2D eigenvalue weighted by molar-refractivity contribution is -0.161. The molecule has 0 aromatic rings. The summed E-state index contributed by atoms with van der Waals surface area (Å²) in [5.74, 6) is 0.842. The number of aliphatic hydroxyl groups excluding tert-OH is 1. The van der Waals surface area contributed by atoms with Gasteiger partial charge in [0.05, 0.1) is 26.4 Å². The lowest BCUT2D eigenvalue weighted by atomic mass is 9.99. The van der Waals surface area contributed by atoms with E-state index in [4.69, 9.17) is 37.0 Å². The van der Waals surface area contributed by atoms with Gasteiger partial charge in [0.2, 0.25) is 0 Å². The van der Waals surface area contributed by atoms with Gasteiger partial charge in [-0.3, -0.25) is 37.3 Å². The summed E-state index contributed by atoms with van der Waals surface area (Å²) in [6.45, 7) is 14.0.